The van der Waals surface area contributed by atoms with Crippen LogP contribution in [0.3, 0.4) is 0 Å². The molecular weight excluding hydrogens is 290 g/mol. The lowest BCUT2D eigenvalue weighted by Crippen LogP contribution is -2.23. The molecule has 6 nitrogen and oxygen atoms in total. The molecule has 0 aromatic carbocycles. The van der Waals surface area contributed by atoms with Crippen molar-refractivity contribution in [3.63, 3.8) is 0 Å². The average molecular weight is 307 g/mol. The van der Waals surface area contributed by atoms with Crippen molar-refractivity contribution in [2.75, 3.05) is 19.8 Å². The predicted molar refractivity (Wildman–Crippen MR) is 78.1 cm³/mol. The highest BCUT2D eigenvalue weighted by atomic mass is 32.1. The molecule has 112 valence electrons. The molecule has 3 rings (SSSR count). The molecule has 7 heteroatoms. The number of thiazole rings is 1. The van der Waals surface area contributed by atoms with Gasteiger partial charge in [0.1, 0.15) is 5.01 Å². The largest absolute Gasteiger partial charge is 0.461 e. The summed E-state index contributed by atoms with van der Waals surface area (Å²) in [5, 5.41) is 6.60. The van der Waals surface area contributed by atoms with E-state index in [4.69, 9.17) is 9.47 Å². The molecule has 0 spiro atoms. The molecule has 3 heterocycles. The lowest BCUT2D eigenvalue weighted by atomic mass is 10.0. The van der Waals surface area contributed by atoms with E-state index in [-0.39, 0.29) is 5.97 Å². The van der Waals surface area contributed by atoms with Crippen molar-refractivity contribution in [3.05, 3.63) is 23.5 Å². The predicted octanol–water partition coefficient (Wildman–Crippen LogP) is 2.13. The zero-order chi connectivity index (χ0) is 14.7. The minimum Gasteiger partial charge on any atom is -0.461 e. The van der Waals surface area contributed by atoms with E-state index in [1.807, 2.05) is 13.2 Å². The molecule has 2 aromatic rings. The minimum absolute atomic E-state index is 0.305. The summed E-state index contributed by atoms with van der Waals surface area (Å²) in [7, 11) is 1.85. The normalized spacial score (nSPS) is 18.6. The summed E-state index contributed by atoms with van der Waals surface area (Å²) in [6.45, 7) is 1.88. The third kappa shape index (κ3) is 3.48. The highest BCUT2D eigenvalue weighted by Crippen LogP contribution is 2.23. The van der Waals surface area contributed by atoms with E-state index < -0.39 is 0 Å². The van der Waals surface area contributed by atoms with Crippen LogP contribution in [-0.2, 0) is 16.5 Å². The molecule has 21 heavy (non-hydrogen) atoms. The topological polar surface area (TPSA) is 66.2 Å². The van der Waals surface area contributed by atoms with Crippen molar-refractivity contribution in [1.29, 1.82) is 0 Å². The third-order valence-corrected chi connectivity index (χ3v) is 4.26. The molecule has 1 saturated heterocycles. The van der Waals surface area contributed by atoms with Crippen LogP contribution in [0.5, 0.6) is 0 Å². The Labute approximate surface area is 126 Å². The Morgan fingerprint density at radius 3 is 3.24 bits per heavy atom. The Bertz CT molecular complexity index is 617. The lowest BCUT2D eigenvalue weighted by Gasteiger charge is -2.21. The number of carbonyl (C=O) groups excluding carboxylic acids is 1. The van der Waals surface area contributed by atoms with E-state index in [1.165, 1.54) is 11.3 Å². The Morgan fingerprint density at radius 1 is 1.62 bits per heavy atom. The Morgan fingerprint density at radius 2 is 2.52 bits per heavy atom. The van der Waals surface area contributed by atoms with Crippen molar-refractivity contribution >= 4 is 17.3 Å². The number of aryl methyl sites for hydroxylation is 1. The Hall–Kier alpha value is -1.73. The number of esters is 1. The Balaban J connectivity index is 1.59. The van der Waals surface area contributed by atoms with Crippen LogP contribution in [-0.4, -0.2) is 40.6 Å². The van der Waals surface area contributed by atoms with Crippen LogP contribution in [0.15, 0.2) is 17.8 Å². The van der Waals surface area contributed by atoms with Gasteiger partial charge in [-0.25, -0.2) is 9.78 Å². The maximum Gasteiger partial charge on any atom is 0.357 e. The van der Waals surface area contributed by atoms with Crippen molar-refractivity contribution in [3.8, 4) is 10.6 Å². The number of hydrogen-bond acceptors (Lipinski definition) is 6. The van der Waals surface area contributed by atoms with E-state index in [0.717, 1.165) is 30.0 Å². The number of aromatic nitrogens is 3. The van der Waals surface area contributed by atoms with Crippen LogP contribution in [0.25, 0.3) is 10.6 Å². The van der Waals surface area contributed by atoms with Gasteiger partial charge in [-0.2, -0.15) is 5.10 Å². The monoisotopic (exact) mass is 307 g/mol. The zero-order valence-electron chi connectivity index (χ0n) is 11.8. The van der Waals surface area contributed by atoms with Gasteiger partial charge < -0.3 is 9.47 Å². The smallest absolute Gasteiger partial charge is 0.357 e. The van der Waals surface area contributed by atoms with Gasteiger partial charge in [0, 0.05) is 36.7 Å². The molecule has 0 radical (unpaired) electrons. The van der Waals surface area contributed by atoms with Crippen LogP contribution < -0.4 is 0 Å². The summed E-state index contributed by atoms with van der Waals surface area (Å²) in [6.07, 6.45) is 5.68. The first kappa shape index (κ1) is 14.2. The van der Waals surface area contributed by atoms with E-state index in [2.05, 4.69) is 10.1 Å². The van der Waals surface area contributed by atoms with E-state index in [0.29, 0.717) is 24.8 Å². The summed E-state index contributed by atoms with van der Waals surface area (Å²) >= 11 is 1.42. The maximum absolute atomic E-state index is 12.0. The SMILES string of the molecule is Cn1cc(-c2nc(C(=O)OC[C@H]3CCCOC3)cs2)cn1. The van der Waals surface area contributed by atoms with Crippen molar-refractivity contribution in [2.24, 2.45) is 13.0 Å². The fraction of sp³-hybridized carbons (Fsp3) is 0.500. The molecular formula is C14H17N3O3S. The zero-order valence-corrected chi connectivity index (χ0v) is 12.6. The molecule has 2 aromatic heterocycles. The van der Waals surface area contributed by atoms with Gasteiger partial charge in [-0.05, 0) is 12.8 Å². The van der Waals surface area contributed by atoms with Gasteiger partial charge in [-0.1, -0.05) is 0 Å². The quantitative estimate of drug-likeness (QED) is 0.810. The molecule has 1 fully saturated rings. The first-order valence-corrected chi connectivity index (χ1v) is 7.80. The Kier molecular flexibility index (Phi) is 4.31. The van der Waals surface area contributed by atoms with Gasteiger partial charge in [0.2, 0.25) is 0 Å². The molecule has 0 saturated carbocycles. The summed E-state index contributed by atoms with van der Waals surface area (Å²) in [5.41, 5.74) is 1.26. The van der Waals surface area contributed by atoms with Crippen LogP contribution in [0.2, 0.25) is 0 Å². The van der Waals surface area contributed by atoms with Crippen LogP contribution in [0, 0.1) is 5.92 Å². The van der Waals surface area contributed by atoms with E-state index in [1.54, 1.807) is 16.3 Å². The van der Waals surface area contributed by atoms with Crippen molar-refractivity contribution < 1.29 is 14.3 Å². The molecule has 1 aliphatic heterocycles. The van der Waals surface area contributed by atoms with Gasteiger partial charge in [-0.3, -0.25) is 4.68 Å². The van der Waals surface area contributed by atoms with E-state index >= 15 is 0 Å². The third-order valence-electron chi connectivity index (χ3n) is 3.37. The van der Waals surface area contributed by atoms with Gasteiger partial charge in [-0.15, -0.1) is 11.3 Å². The van der Waals surface area contributed by atoms with E-state index in [9.17, 15) is 4.79 Å². The first-order valence-electron chi connectivity index (χ1n) is 6.92. The summed E-state index contributed by atoms with van der Waals surface area (Å²) < 4.78 is 12.4. The second-order valence-corrected chi connectivity index (χ2v) is 5.98. The van der Waals surface area contributed by atoms with Gasteiger partial charge in [0.15, 0.2) is 5.69 Å². The number of carbonyl (C=O) groups is 1. The van der Waals surface area contributed by atoms with Gasteiger partial charge >= 0.3 is 5.97 Å². The fourth-order valence-electron chi connectivity index (χ4n) is 2.24. The molecule has 1 aliphatic rings. The number of nitrogens with zero attached hydrogens (tertiary/aromatic N) is 3. The molecule has 0 bridgehead atoms. The van der Waals surface area contributed by atoms with Gasteiger partial charge in [0.25, 0.3) is 0 Å². The lowest BCUT2D eigenvalue weighted by molar-refractivity contribution is 0.00830. The molecule has 0 unspecified atom stereocenters. The highest BCUT2D eigenvalue weighted by molar-refractivity contribution is 7.13. The standard InChI is InChI=1S/C14H17N3O3S/c1-17-6-11(5-15-17)13-16-12(9-21-13)14(18)20-8-10-3-2-4-19-7-10/h5-6,9-10H,2-4,7-8H2,1H3/t10-/m0/s1. The maximum atomic E-state index is 12.0. The molecule has 0 aliphatic carbocycles. The second-order valence-electron chi connectivity index (χ2n) is 5.12. The summed E-state index contributed by atoms with van der Waals surface area (Å²) in [4.78, 5) is 16.3. The molecule has 1 atom stereocenters. The minimum atomic E-state index is -0.369. The average Bonchev–Trinajstić information content (AvgIpc) is 3.14. The number of rotatable bonds is 4. The second kappa shape index (κ2) is 6.36. The fourth-order valence-corrected chi connectivity index (χ4v) is 3.00. The van der Waals surface area contributed by atoms with Gasteiger partial charge in [0.05, 0.1) is 19.4 Å². The van der Waals surface area contributed by atoms with Crippen molar-refractivity contribution in [1.82, 2.24) is 14.8 Å². The molecule has 0 amide bonds. The van der Waals surface area contributed by atoms with Crippen LogP contribution in [0.4, 0.5) is 0 Å². The highest BCUT2D eigenvalue weighted by Gasteiger charge is 2.18. The molecule has 0 N–H and O–H groups in total. The summed E-state index contributed by atoms with van der Waals surface area (Å²) in [6, 6.07) is 0. The van der Waals surface area contributed by atoms with Crippen LogP contribution >= 0.6 is 11.3 Å². The van der Waals surface area contributed by atoms with Crippen molar-refractivity contribution in [2.45, 2.75) is 12.8 Å². The first-order chi connectivity index (χ1) is 10.2. The van der Waals surface area contributed by atoms with Crippen LogP contribution in [0.1, 0.15) is 23.3 Å². The summed E-state index contributed by atoms with van der Waals surface area (Å²) in [5.74, 6) is -0.0638. The number of ether oxygens (including phenoxy) is 2. The number of hydrogen-bond donors (Lipinski definition) is 0.